The molecule has 1 aliphatic rings. The monoisotopic (exact) mass is 320 g/mol. The molecule has 0 radical (unpaired) electrons. The van der Waals surface area contributed by atoms with Gasteiger partial charge in [-0.3, -0.25) is 0 Å². The molecule has 0 bridgehead atoms. The van der Waals surface area contributed by atoms with Crippen LogP contribution < -0.4 is 10.6 Å². The number of benzene rings is 1. The molecular formula is C18H28N2O3. The van der Waals surface area contributed by atoms with Crippen molar-refractivity contribution in [3.63, 3.8) is 0 Å². The second-order valence-corrected chi connectivity index (χ2v) is 7.10. The Morgan fingerprint density at radius 2 is 2.17 bits per heavy atom. The molecule has 128 valence electrons. The summed E-state index contributed by atoms with van der Waals surface area (Å²) in [6.07, 6.45) is 1.94. The van der Waals surface area contributed by atoms with Crippen LogP contribution in [-0.4, -0.2) is 30.4 Å². The van der Waals surface area contributed by atoms with Crippen LogP contribution in [0.4, 0.5) is 10.5 Å². The molecule has 2 unspecified atom stereocenters. The molecule has 1 aromatic rings. The SMILES string of the molecule is CC1CC(Nc2cccc(CNC(=O)OC(C)(C)C)c2)CCO1. The number of carbonyl (C=O) groups is 1. The van der Waals surface area contributed by atoms with E-state index in [-0.39, 0.29) is 0 Å². The van der Waals surface area contributed by atoms with Gasteiger partial charge in [-0.25, -0.2) is 4.79 Å². The molecule has 5 nitrogen and oxygen atoms in total. The molecule has 2 atom stereocenters. The lowest BCUT2D eigenvalue weighted by atomic mass is 10.0. The number of amides is 1. The fourth-order valence-electron chi connectivity index (χ4n) is 2.62. The predicted molar refractivity (Wildman–Crippen MR) is 91.6 cm³/mol. The number of hydrogen-bond donors (Lipinski definition) is 2. The summed E-state index contributed by atoms with van der Waals surface area (Å²) in [5.74, 6) is 0. The molecule has 1 saturated heterocycles. The van der Waals surface area contributed by atoms with Crippen molar-refractivity contribution in [3.05, 3.63) is 29.8 Å². The van der Waals surface area contributed by atoms with Crippen molar-refractivity contribution in [2.24, 2.45) is 0 Å². The van der Waals surface area contributed by atoms with Gasteiger partial charge in [-0.1, -0.05) is 12.1 Å². The highest BCUT2D eigenvalue weighted by atomic mass is 16.6. The summed E-state index contributed by atoms with van der Waals surface area (Å²) in [6.45, 7) is 8.92. The topological polar surface area (TPSA) is 59.6 Å². The first-order valence-electron chi connectivity index (χ1n) is 8.26. The highest BCUT2D eigenvalue weighted by molar-refractivity contribution is 5.67. The summed E-state index contributed by atoms with van der Waals surface area (Å²) in [5, 5.41) is 6.34. The van der Waals surface area contributed by atoms with Crippen LogP contribution >= 0.6 is 0 Å². The Balaban J connectivity index is 1.86. The first-order valence-corrected chi connectivity index (χ1v) is 8.26. The van der Waals surface area contributed by atoms with Gasteiger partial charge in [0.2, 0.25) is 0 Å². The average Bonchev–Trinajstić information content (AvgIpc) is 2.44. The average molecular weight is 320 g/mol. The summed E-state index contributed by atoms with van der Waals surface area (Å²) in [5.41, 5.74) is 1.64. The first kappa shape index (κ1) is 17.6. The standard InChI is InChI=1S/C18H28N2O3/c1-13-10-16(8-9-22-13)20-15-7-5-6-14(11-15)12-19-17(21)23-18(2,3)4/h5-7,11,13,16,20H,8-10,12H2,1-4H3,(H,19,21). The number of anilines is 1. The van der Waals surface area contributed by atoms with E-state index in [4.69, 9.17) is 9.47 Å². The van der Waals surface area contributed by atoms with Gasteiger partial charge in [0.15, 0.2) is 0 Å². The molecule has 1 fully saturated rings. The number of ether oxygens (including phenoxy) is 2. The zero-order valence-corrected chi connectivity index (χ0v) is 14.5. The normalized spacial score (nSPS) is 21.6. The molecule has 0 aliphatic carbocycles. The highest BCUT2D eigenvalue weighted by Crippen LogP contribution is 2.19. The lowest BCUT2D eigenvalue weighted by molar-refractivity contribution is 0.0232. The zero-order chi connectivity index (χ0) is 16.9. The molecule has 2 N–H and O–H groups in total. The third kappa shape index (κ3) is 6.48. The van der Waals surface area contributed by atoms with Crippen LogP contribution in [0.1, 0.15) is 46.1 Å². The van der Waals surface area contributed by atoms with Crippen molar-refractivity contribution in [1.82, 2.24) is 5.32 Å². The first-order chi connectivity index (χ1) is 10.8. The van der Waals surface area contributed by atoms with Gasteiger partial charge in [0, 0.05) is 24.9 Å². The number of hydrogen-bond acceptors (Lipinski definition) is 4. The van der Waals surface area contributed by atoms with E-state index in [2.05, 4.69) is 29.7 Å². The van der Waals surface area contributed by atoms with Gasteiger partial charge in [-0.2, -0.15) is 0 Å². The molecule has 23 heavy (non-hydrogen) atoms. The van der Waals surface area contributed by atoms with Crippen LogP contribution in [0.2, 0.25) is 0 Å². The van der Waals surface area contributed by atoms with E-state index in [1.807, 2.05) is 32.9 Å². The van der Waals surface area contributed by atoms with Crippen LogP contribution in [0.15, 0.2) is 24.3 Å². The van der Waals surface area contributed by atoms with Crippen molar-refractivity contribution < 1.29 is 14.3 Å². The number of alkyl carbamates (subject to hydrolysis) is 1. The molecule has 0 spiro atoms. The maximum Gasteiger partial charge on any atom is 0.407 e. The molecule has 1 heterocycles. The Morgan fingerprint density at radius 3 is 2.87 bits per heavy atom. The summed E-state index contributed by atoms with van der Waals surface area (Å²) in [7, 11) is 0. The van der Waals surface area contributed by atoms with Crippen molar-refractivity contribution in [3.8, 4) is 0 Å². The number of carbonyl (C=O) groups excluding carboxylic acids is 1. The van der Waals surface area contributed by atoms with Crippen molar-refractivity contribution in [2.75, 3.05) is 11.9 Å². The van der Waals surface area contributed by atoms with Crippen LogP contribution in [0.5, 0.6) is 0 Å². The third-order valence-corrected chi connectivity index (χ3v) is 3.62. The van der Waals surface area contributed by atoms with E-state index in [0.29, 0.717) is 18.7 Å². The molecule has 5 heteroatoms. The fraction of sp³-hybridized carbons (Fsp3) is 0.611. The maximum atomic E-state index is 11.7. The fourth-order valence-corrected chi connectivity index (χ4v) is 2.62. The molecule has 0 saturated carbocycles. The van der Waals surface area contributed by atoms with E-state index in [1.165, 1.54) is 0 Å². The van der Waals surface area contributed by atoms with Crippen molar-refractivity contribution in [2.45, 2.75) is 64.8 Å². The van der Waals surface area contributed by atoms with Gasteiger partial charge in [0.25, 0.3) is 0 Å². The third-order valence-electron chi connectivity index (χ3n) is 3.62. The highest BCUT2D eigenvalue weighted by Gasteiger charge is 2.19. The Labute approximate surface area is 138 Å². The Kier molecular flexibility index (Phi) is 5.88. The maximum absolute atomic E-state index is 11.7. The van der Waals surface area contributed by atoms with Crippen molar-refractivity contribution >= 4 is 11.8 Å². The van der Waals surface area contributed by atoms with Crippen LogP contribution in [0.25, 0.3) is 0 Å². The second-order valence-electron chi connectivity index (χ2n) is 7.10. The summed E-state index contributed by atoms with van der Waals surface area (Å²) in [6, 6.07) is 8.55. The van der Waals surface area contributed by atoms with Crippen LogP contribution in [0.3, 0.4) is 0 Å². The smallest absolute Gasteiger partial charge is 0.407 e. The Hall–Kier alpha value is -1.75. The minimum atomic E-state index is -0.479. The summed E-state index contributed by atoms with van der Waals surface area (Å²) >= 11 is 0. The van der Waals surface area contributed by atoms with E-state index in [9.17, 15) is 4.79 Å². The molecule has 0 aromatic heterocycles. The van der Waals surface area contributed by atoms with E-state index in [0.717, 1.165) is 30.7 Å². The van der Waals surface area contributed by atoms with Gasteiger partial charge in [-0.05, 0) is 58.2 Å². The zero-order valence-electron chi connectivity index (χ0n) is 14.5. The molecule has 1 amide bonds. The lowest BCUT2D eigenvalue weighted by Crippen LogP contribution is -2.33. The van der Waals surface area contributed by atoms with E-state index >= 15 is 0 Å². The largest absolute Gasteiger partial charge is 0.444 e. The van der Waals surface area contributed by atoms with E-state index < -0.39 is 11.7 Å². The molecule has 2 rings (SSSR count). The number of nitrogens with one attached hydrogen (secondary N) is 2. The van der Waals surface area contributed by atoms with E-state index in [1.54, 1.807) is 0 Å². The van der Waals surface area contributed by atoms with Crippen molar-refractivity contribution in [1.29, 1.82) is 0 Å². The summed E-state index contributed by atoms with van der Waals surface area (Å²) in [4.78, 5) is 11.7. The Bertz CT molecular complexity index is 525. The van der Waals surface area contributed by atoms with Gasteiger partial charge in [0.1, 0.15) is 5.60 Å². The molecule has 1 aliphatic heterocycles. The quantitative estimate of drug-likeness (QED) is 0.888. The van der Waals surface area contributed by atoms with Gasteiger partial charge < -0.3 is 20.1 Å². The van der Waals surface area contributed by atoms with Gasteiger partial charge >= 0.3 is 6.09 Å². The molecule has 1 aromatic carbocycles. The minimum absolute atomic E-state index is 0.304. The second kappa shape index (κ2) is 7.68. The minimum Gasteiger partial charge on any atom is -0.444 e. The Morgan fingerprint density at radius 1 is 1.39 bits per heavy atom. The predicted octanol–water partition coefficient (Wildman–Crippen LogP) is 3.69. The number of rotatable bonds is 4. The van der Waals surface area contributed by atoms with Crippen LogP contribution in [0, 0.1) is 0 Å². The summed E-state index contributed by atoms with van der Waals surface area (Å²) < 4.78 is 10.8. The van der Waals surface area contributed by atoms with Crippen LogP contribution in [-0.2, 0) is 16.0 Å². The van der Waals surface area contributed by atoms with Gasteiger partial charge in [0.05, 0.1) is 6.10 Å². The molecular weight excluding hydrogens is 292 g/mol. The van der Waals surface area contributed by atoms with Gasteiger partial charge in [-0.15, -0.1) is 0 Å². The lowest BCUT2D eigenvalue weighted by Gasteiger charge is -2.28.